The van der Waals surface area contributed by atoms with Crippen molar-refractivity contribution >= 4 is 23.7 Å². The molecule has 0 amide bonds. The van der Waals surface area contributed by atoms with Crippen LogP contribution in [0.5, 0.6) is 0 Å². The molecule has 2 aliphatic rings. The average molecular weight is 275 g/mol. The predicted octanol–water partition coefficient (Wildman–Crippen LogP) is 1.86. The van der Waals surface area contributed by atoms with Crippen molar-refractivity contribution in [2.24, 2.45) is 0 Å². The van der Waals surface area contributed by atoms with Crippen LogP contribution >= 0.6 is 11.8 Å². The minimum atomic E-state index is -0.297. The van der Waals surface area contributed by atoms with Crippen LogP contribution in [0.4, 0.5) is 5.69 Å². The van der Waals surface area contributed by atoms with Crippen LogP contribution in [0, 0.1) is 0 Å². The van der Waals surface area contributed by atoms with E-state index in [1.807, 2.05) is 24.4 Å². The van der Waals surface area contributed by atoms with Crippen LogP contribution in [-0.4, -0.2) is 43.5 Å². The lowest BCUT2D eigenvalue weighted by molar-refractivity contribution is 0.0349. The number of thioether (sulfide) groups is 1. The van der Waals surface area contributed by atoms with Gasteiger partial charge in [-0.25, -0.2) is 0 Å². The fraction of sp³-hybridized carbons (Fsp3) is 0.357. The number of nitrogens with zero attached hydrogens (tertiary/aromatic N) is 1. The Kier molecular flexibility index (Phi) is 3.87. The Hall–Kier alpha value is -1.30. The first-order chi connectivity index (χ1) is 9.38. The molecular weight excluding hydrogens is 260 g/mol. The summed E-state index contributed by atoms with van der Waals surface area (Å²) in [6, 6.07) is 7.79. The first kappa shape index (κ1) is 12.7. The molecule has 19 heavy (non-hydrogen) atoms. The zero-order valence-corrected chi connectivity index (χ0v) is 11.3. The van der Waals surface area contributed by atoms with Gasteiger partial charge in [0.25, 0.3) is 0 Å². The van der Waals surface area contributed by atoms with Crippen molar-refractivity contribution < 1.29 is 9.53 Å². The highest BCUT2D eigenvalue weighted by Gasteiger charge is 2.27. The largest absolute Gasteiger partial charge is 0.379 e. The summed E-state index contributed by atoms with van der Waals surface area (Å²) in [6.45, 7) is 2.92. The number of carbonyl (C=O) groups excluding carboxylic acids is 1. The minimum Gasteiger partial charge on any atom is -0.379 e. The van der Waals surface area contributed by atoms with E-state index in [0.29, 0.717) is 13.2 Å². The summed E-state index contributed by atoms with van der Waals surface area (Å²) in [5, 5.41) is 3.25. The van der Waals surface area contributed by atoms with Crippen molar-refractivity contribution in [1.82, 2.24) is 4.90 Å². The smallest absolute Gasteiger partial charge is 0.222 e. The van der Waals surface area contributed by atoms with Crippen LogP contribution in [0.3, 0.4) is 0 Å². The van der Waals surface area contributed by atoms with Gasteiger partial charge < -0.3 is 10.1 Å². The predicted molar refractivity (Wildman–Crippen MR) is 75.9 cm³/mol. The van der Waals surface area contributed by atoms with Gasteiger partial charge in [0.1, 0.15) is 6.04 Å². The van der Waals surface area contributed by atoms with Gasteiger partial charge in [-0.2, -0.15) is 0 Å². The summed E-state index contributed by atoms with van der Waals surface area (Å²) in [5.74, 6) is 0. The van der Waals surface area contributed by atoms with Gasteiger partial charge in [-0.15, -0.1) is 0 Å². The number of morpholine rings is 1. The average Bonchev–Trinajstić information content (AvgIpc) is 2.49. The van der Waals surface area contributed by atoms with Gasteiger partial charge in [0.2, 0.25) is 6.29 Å². The fourth-order valence-corrected chi connectivity index (χ4v) is 3.33. The van der Waals surface area contributed by atoms with E-state index < -0.39 is 0 Å². The van der Waals surface area contributed by atoms with Gasteiger partial charge in [0, 0.05) is 29.1 Å². The Morgan fingerprint density at radius 3 is 2.89 bits per heavy atom. The molecule has 0 bridgehead atoms. The van der Waals surface area contributed by atoms with Crippen LogP contribution in [0.2, 0.25) is 0 Å². The summed E-state index contributed by atoms with van der Waals surface area (Å²) in [5.41, 5.74) is 1.09. The third kappa shape index (κ3) is 2.68. The van der Waals surface area contributed by atoms with Crippen molar-refractivity contribution in [3.05, 3.63) is 35.4 Å². The SMILES string of the molecule is O=[C]C(C1=CNc2ccccc2S1)N1CCOCC1. The summed E-state index contributed by atoms with van der Waals surface area (Å²) < 4.78 is 5.32. The Labute approximate surface area is 116 Å². The van der Waals surface area contributed by atoms with Crippen LogP contribution in [0.1, 0.15) is 0 Å². The second kappa shape index (κ2) is 5.77. The topological polar surface area (TPSA) is 41.6 Å². The molecule has 3 rings (SSSR count). The molecule has 1 atom stereocenters. The number of fused-ring (bicyclic) bond motifs is 1. The maximum atomic E-state index is 11.3. The molecule has 2 heterocycles. The molecule has 2 aliphatic heterocycles. The van der Waals surface area contributed by atoms with E-state index in [1.54, 1.807) is 11.8 Å². The van der Waals surface area contributed by atoms with Crippen LogP contribution in [0.25, 0.3) is 0 Å². The number of hydrogen-bond donors (Lipinski definition) is 1. The van der Waals surface area contributed by atoms with E-state index in [-0.39, 0.29) is 6.04 Å². The van der Waals surface area contributed by atoms with E-state index >= 15 is 0 Å². The van der Waals surface area contributed by atoms with Gasteiger partial charge in [-0.1, -0.05) is 23.9 Å². The Morgan fingerprint density at radius 2 is 2.11 bits per heavy atom. The highest BCUT2D eigenvalue weighted by molar-refractivity contribution is 8.03. The molecule has 0 saturated carbocycles. The number of para-hydroxylation sites is 1. The maximum absolute atomic E-state index is 11.3. The van der Waals surface area contributed by atoms with Crippen LogP contribution in [0.15, 0.2) is 40.3 Å². The number of anilines is 1. The second-order valence-electron chi connectivity index (χ2n) is 4.46. The Balaban J connectivity index is 1.78. The van der Waals surface area contributed by atoms with E-state index in [2.05, 4.69) is 22.6 Å². The van der Waals surface area contributed by atoms with Gasteiger partial charge in [0.05, 0.1) is 18.9 Å². The first-order valence-corrected chi connectivity index (χ1v) is 7.13. The maximum Gasteiger partial charge on any atom is 0.222 e. The van der Waals surface area contributed by atoms with Gasteiger partial charge in [0.15, 0.2) is 0 Å². The van der Waals surface area contributed by atoms with Gasteiger partial charge in [-0.05, 0) is 12.1 Å². The van der Waals surface area contributed by atoms with Crippen molar-refractivity contribution in [3.8, 4) is 0 Å². The number of benzene rings is 1. The molecule has 1 N–H and O–H groups in total. The van der Waals surface area contributed by atoms with Crippen molar-refractivity contribution in [1.29, 1.82) is 0 Å². The van der Waals surface area contributed by atoms with E-state index in [0.717, 1.165) is 28.6 Å². The molecule has 4 nitrogen and oxygen atoms in total. The summed E-state index contributed by atoms with van der Waals surface area (Å²) in [7, 11) is 0. The molecule has 1 saturated heterocycles. The van der Waals surface area contributed by atoms with Crippen LogP contribution in [-0.2, 0) is 9.53 Å². The quantitative estimate of drug-likeness (QED) is 0.912. The molecular formula is C14H15N2O2S. The number of rotatable bonds is 3. The summed E-state index contributed by atoms with van der Waals surface area (Å²) in [4.78, 5) is 15.6. The highest BCUT2D eigenvalue weighted by Crippen LogP contribution is 2.38. The molecule has 99 valence electrons. The summed E-state index contributed by atoms with van der Waals surface area (Å²) in [6.07, 6.45) is 4.08. The Bertz CT molecular complexity index is 498. The van der Waals surface area contributed by atoms with Crippen molar-refractivity contribution in [3.63, 3.8) is 0 Å². The molecule has 1 aromatic carbocycles. The number of ether oxygens (including phenoxy) is 1. The fourth-order valence-electron chi connectivity index (χ4n) is 2.26. The molecule has 1 aromatic rings. The molecule has 0 spiro atoms. The molecule has 0 aromatic heterocycles. The second-order valence-corrected chi connectivity index (χ2v) is 5.57. The zero-order chi connectivity index (χ0) is 13.1. The van der Waals surface area contributed by atoms with Gasteiger partial charge in [-0.3, -0.25) is 9.69 Å². The highest BCUT2D eigenvalue weighted by atomic mass is 32.2. The van der Waals surface area contributed by atoms with E-state index in [4.69, 9.17) is 4.74 Å². The van der Waals surface area contributed by atoms with Crippen LogP contribution < -0.4 is 5.32 Å². The number of hydrogen-bond acceptors (Lipinski definition) is 5. The minimum absolute atomic E-state index is 0.297. The van der Waals surface area contributed by atoms with Crippen molar-refractivity contribution in [2.75, 3.05) is 31.6 Å². The molecule has 1 fully saturated rings. The van der Waals surface area contributed by atoms with Gasteiger partial charge >= 0.3 is 0 Å². The number of nitrogens with one attached hydrogen (secondary N) is 1. The lowest BCUT2D eigenvalue weighted by atomic mass is 10.2. The lowest BCUT2D eigenvalue weighted by Crippen LogP contribution is -2.45. The molecule has 1 radical (unpaired) electrons. The zero-order valence-electron chi connectivity index (χ0n) is 10.5. The van der Waals surface area contributed by atoms with Crippen molar-refractivity contribution in [2.45, 2.75) is 10.9 Å². The Morgan fingerprint density at radius 1 is 1.32 bits per heavy atom. The normalized spacial score (nSPS) is 20.9. The molecule has 5 heteroatoms. The third-order valence-corrected chi connectivity index (χ3v) is 4.43. The molecule has 0 aliphatic carbocycles. The third-order valence-electron chi connectivity index (χ3n) is 3.28. The first-order valence-electron chi connectivity index (χ1n) is 6.31. The lowest BCUT2D eigenvalue weighted by Gasteiger charge is -2.33. The monoisotopic (exact) mass is 275 g/mol. The molecule has 1 unspecified atom stereocenters. The standard InChI is InChI=1S/C14H15N2O2S/c17-10-12(16-5-7-18-8-6-16)14-9-15-11-3-1-2-4-13(11)19-14/h1-4,9,12,15H,5-8H2. The summed E-state index contributed by atoms with van der Waals surface area (Å²) >= 11 is 1.64. The van der Waals surface area contributed by atoms with E-state index in [9.17, 15) is 4.79 Å². The van der Waals surface area contributed by atoms with E-state index in [1.165, 1.54) is 0 Å².